The first kappa shape index (κ1) is 10.2. The van der Waals surface area contributed by atoms with Crippen LogP contribution >= 0.6 is 0 Å². The quantitative estimate of drug-likeness (QED) is 0.800. The van der Waals surface area contributed by atoms with Crippen LogP contribution in [0.1, 0.15) is 31.4 Å². The fourth-order valence-electron chi connectivity index (χ4n) is 3.23. The molecule has 1 aromatic rings. The van der Waals surface area contributed by atoms with Crippen LogP contribution in [0.15, 0.2) is 24.3 Å². The first-order chi connectivity index (χ1) is 7.59. The van der Waals surface area contributed by atoms with Gasteiger partial charge in [-0.3, -0.25) is 0 Å². The van der Waals surface area contributed by atoms with Gasteiger partial charge in [-0.25, -0.2) is 4.39 Å². The van der Waals surface area contributed by atoms with Crippen LogP contribution in [0.2, 0.25) is 0 Å². The molecule has 1 saturated carbocycles. The fourth-order valence-corrected chi connectivity index (χ4v) is 3.23. The number of benzene rings is 1. The lowest BCUT2D eigenvalue weighted by Gasteiger charge is -2.33. The molecule has 2 aliphatic heterocycles. The number of fused-ring (bicyclic) bond motifs is 1. The van der Waals surface area contributed by atoms with E-state index in [0.29, 0.717) is 11.5 Å². The van der Waals surface area contributed by atoms with Crippen molar-refractivity contribution in [2.75, 3.05) is 0 Å². The van der Waals surface area contributed by atoms with Crippen LogP contribution in [0.3, 0.4) is 0 Å². The maximum atomic E-state index is 13.5. The third-order valence-electron chi connectivity index (χ3n) is 4.01. The second-order valence-electron chi connectivity index (χ2n) is 5.37. The molecule has 16 heavy (non-hydrogen) atoms. The first-order valence-electron chi connectivity index (χ1n) is 5.79. The van der Waals surface area contributed by atoms with Gasteiger partial charge in [0.2, 0.25) is 0 Å². The van der Waals surface area contributed by atoms with Crippen LogP contribution in [0.5, 0.6) is 0 Å². The summed E-state index contributed by atoms with van der Waals surface area (Å²) in [6.45, 7) is 2.16. The summed E-state index contributed by atoms with van der Waals surface area (Å²) in [6.07, 6.45) is 1.47. The highest BCUT2D eigenvalue weighted by molar-refractivity contribution is 5.24. The Hall–Kier alpha value is -0.930. The highest BCUT2D eigenvalue weighted by Crippen LogP contribution is 2.50. The molecule has 0 aromatic heterocycles. The molecule has 0 spiro atoms. The third-order valence-corrected chi connectivity index (χ3v) is 4.01. The van der Waals surface area contributed by atoms with E-state index in [9.17, 15) is 9.50 Å². The van der Waals surface area contributed by atoms with Gasteiger partial charge in [0.1, 0.15) is 5.82 Å². The van der Waals surface area contributed by atoms with E-state index >= 15 is 0 Å². The Bertz CT molecular complexity index is 414. The monoisotopic (exact) mass is 221 g/mol. The lowest BCUT2D eigenvalue weighted by Crippen LogP contribution is -2.40. The molecule has 2 atom stereocenters. The van der Waals surface area contributed by atoms with Crippen molar-refractivity contribution in [3.63, 3.8) is 0 Å². The maximum Gasteiger partial charge on any atom is 0.129 e. The zero-order valence-electron chi connectivity index (χ0n) is 9.28. The number of halogens is 1. The molecule has 86 valence electrons. The van der Waals surface area contributed by atoms with E-state index < -0.39 is 6.10 Å². The number of hydrogen-bond acceptors (Lipinski definition) is 2. The number of hydrogen-bond donors (Lipinski definition) is 2. The summed E-state index contributed by atoms with van der Waals surface area (Å²) in [7, 11) is 0. The maximum absolute atomic E-state index is 13.5. The molecule has 1 aliphatic carbocycles. The predicted octanol–water partition coefficient (Wildman–Crippen LogP) is 2.00. The second kappa shape index (κ2) is 3.28. The van der Waals surface area contributed by atoms with Gasteiger partial charge < -0.3 is 10.4 Å². The van der Waals surface area contributed by atoms with Crippen molar-refractivity contribution in [1.82, 2.24) is 5.32 Å². The molecular formula is C13H16FNO. The summed E-state index contributed by atoms with van der Waals surface area (Å²) >= 11 is 0. The molecule has 3 aliphatic rings. The molecule has 2 saturated heterocycles. The van der Waals surface area contributed by atoms with Crippen molar-refractivity contribution in [2.45, 2.75) is 37.5 Å². The third kappa shape index (κ3) is 1.39. The molecule has 3 heteroatoms. The molecule has 0 radical (unpaired) electrons. The average molecular weight is 221 g/mol. The molecular weight excluding hydrogens is 205 g/mol. The Morgan fingerprint density at radius 2 is 2.12 bits per heavy atom. The molecule has 2 bridgehead atoms. The minimum Gasteiger partial charge on any atom is -0.387 e. The van der Waals surface area contributed by atoms with Gasteiger partial charge in [-0.15, -0.1) is 0 Å². The molecule has 0 unspecified atom stereocenters. The van der Waals surface area contributed by atoms with E-state index in [4.69, 9.17) is 0 Å². The standard InChI is InChI=1S/C13H16FNO/c1-13-6-8(7-13)11(15-13)12(16)9-4-2-3-5-10(9)14/h2-5,8,11-12,15-16H,6-7H2,1H3/t8?,11-,12-,13?/m1/s1. The second-order valence-corrected chi connectivity index (χ2v) is 5.37. The van der Waals surface area contributed by atoms with Gasteiger partial charge in [-0.05, 0) is 31.7 Å². The fraction of sp³-hybridized carbons (Fsp3) is 0.538. The van der Waals surface area contributed by atoms with Crippen molar-refractivity contribution in [1.29, 1.82) is 0 Å². The summed E-state index contributed by atoms with van der Waals surface area (Å²) in [6, 6.07) is 6.50. The zero-order chi connectivity index (χ0) is 11.3. The van der Waals surface area contributed by atoms with Crippen molar-refractivity contribution in [2.24, 2.45) is 5.92 Å². The number of aliphatic hydroxyl groups is 1. The number of nitrogens with one attached hydrogen (secondary N) is 1. The van der Waals surface area contributed by atoms with Crippen molar-refractivity contribution < 1.29 is 9.50 Å². The van der Waals surface area contributed by atoms with Gasteiger partial charge in [0.15, 0.2) is 0 Å². The highest BCUT2D eigenvalue weighted by Gasteiger charge is 2.54. The minimum absolute atomic E-state index is 0.0156. The van der Waals surface area contributed by atoms with E-state index in [1.165, 1.54) is 6.07 Å². The van der Waals surface area contributed by atoms with Crippen LogP contribution in [0.4, 0.5) is 4.39 Å². The van der Waals surface area contributed by atoms with Crippen LogP contribution < -0.4 is 5.32 Å². The van der Waals surface area contributed by atoms with Gasteiger partial charge in [0.25, 0.3) is 0 Å². The average Bonchev–Trinajstić information content (AvgIpc) is 2.71. The smallest absolute Gasteiger partial charge is 0.129 e. The van der Waals surface area contributed by atoms with Crippen molar-refractivity contribution in [3.8, 4) is 0 Å². The normalized spacial score (nSPS) is 38.2. The number of rotatable bonds is 2. The highest BCUT2D eigenvalue weighted by atomic mass is 19.1. The Labute approximate surface area is 94.5 Å². The van der Waals surface area contributed by atoms with E-state index in [2.05, 4.69) is 12.2 Å². The van der Waals surface area contributed by atoms with Crippen LogP contribution in [-0.2, 0) is 0 Å². The van der Waals surface area contributed by atoms with Gasteiger partial charge in [0.05, 0.1) is 6.10 Å². The summed E-state index contributed by atoms with van der Waals surface area (Å²) in [5.74, 6) is 0.186. The molecule has 1 aromatic carbocycles. The lowest BCUT2D eigenvalue weighted by molar-refractivity contribution is 0.118. The van der Waals surface area contributed by atoms with Crippen molar-refractivity contribution >= 4 is 0 Å². The van der Waals surface area contributed by atoms with Crippen LogP contribution in [0, 0.1) is 11.7 Å². The Morgan fingerprint density at radius 3 is 2.69 bits per heavy atom. The first-order valence-corrected chi connectivity index (χ1v) is 5.79. The van der Waals surface area contributed by atoms with Crippen molar-refractivity contribution in [3.05, 3.63) is 35.6 Å². The number of aliphatic hydroxyl groups excluding tert-OH is 1. The van der Waals surface area contributed by atoms with Crippen LogP contribution in [-0.4, -0.2) is 16.7 Å². The molecule has 3 fully saturated rings. The molecule has 0 amide bonds. The van der Waals surface area contributed by atoms with E-state index in [-0.39, 0.29) is 17.4 Å². The van der Waals surface area contributed by atoms with E-state index in [1.54, 1.807) is 18.2 Å². The largest absolute Gasteiger partial charge is 0.387 e. The lowest BCUT2D eigenvalue weighted by atomic mass is 9.72. The topological polar surface area (TPSA) is 32.3 Å². The minimum atomic E-state index is -0.726. The predicted molar refractivity (Wildman–Crippen MR) is 59.4 cm³/mol. The molecule has 2 nitrogen and oxygen atoms in total. The van der Waals surface area contributed by atoms with Gasteiger partial charge in [-0.1, -0.05) is 18.2 Å². The van der Waals surface area contributed by atoms with Crippen LogP contribution in [0.25, 0.3) is 0 Å². The summed E-state index contributed by atoms with van der Waals surface area (Å²) in [5.41, 5.74) is 0.595. The molecule has 2 N–H and O–H groups in total. The van der Waals surface area contributed by atoms with Gasteiger partial charge >= 0.3 is 0 Å². The Kier molecular flexibility index (Phi) is 2.10. The Morgan fingerprint density at radius 1 is 1.44 bits per heavy atom. The summed E-state index contributed by atoms with van der Waals surface area (Å²) < 4.78 is 13.5. The molecule has 2 heterocycles. The van der Waals surface area contributed by atoms with Gasteiger partial charge in [0, 0.05) is 17.1 Å². The summed E-state index contributed by atoms with van der Waals surface area (Å²) in [5, 5.41) is 13.6. The van der Waals surface area contributed by atoms with E-state index in [1.807, 2.05) is 0 Å². The zero-order valence-corrected chi connectivity index (χ0v) is 9.28. The summed E-state index contributed by atoms with van der Waals surface area (Å²) in [4.78, 5) is 0. The SMILES string of the molecule is CC12CC(C1)[C@H]([C@H](O)c1ccccc1F)N2. The van der Waals surface area contributed by atoms with Gasteiger partial charge in [-0.2, -0.15) is 0 Å². The molecule has 4 rings (SSSR count). The Balaban J connectivity index is 1.84. The van der Waals surface area contributed by atoms with E-state index in [0.717, 1.165) is 12.8 Å².